The van der Waals surface area contributed by atoms with E-state index in [1.807, 2.05) is 11.0 Å². The maximum absolute atomic E-state index is 12.4. The van der Waals surface area contributed by atoms with Gasteiger partial charge in [-0.25, -0.2) is 0 Å². The third kappa shape index (κ3) is 4.79. The number of carbonyl (C=O) groups is 1. The summed E-state index contributed by atoms with van der Waals surface area (Å²) >= 11 is 1.72. The second-order valence-electron chi connectivity index (χ2n) is 5.19. The molecule has 1 aromatic heterocycles. The number of carbonyl (C=O) groups excluding carboxylic acids is 1. The van der Waals surface area contributed by atoms with Crippen LogP contribution in [0.2, 0.25) is 0 Å². The molecule has 1 amide bonds. The maximum Gasteiger partial charge on any atom is 0.224 e. The highest BCUT2D eigenvalue weighted by molar-refractivity contribution is 7.09. The van der Waals surface area contributed by atoms with Crippen molar-refractivity contribution < 1.29 is 4.79 Å². The summed E-state index contributed by atoms with van der Waals surface area (Å²) < 4.78 is 0. The molecule has 1 aliphatic rings. The SMILES string of the molecule is CC(C)N(Cc1cccs1)C(=O)CC1CCCN1.Cl. The number of nitrogens with zero attached hydrogens (tertiary/aromatic N) is 1. The number of hydrogen-bond donors (Lipinski definition) is 1. The summed E-state index contributed by atoms with van der Waals surface area (Å²) in [6, 6.07) is 4.80. The van der Waals surface area contributed by atoms with Crippen LogP contribution in [0.4, 0.5) is 0 Å². The Morgan fingerprint density at radius 2 is 2.37 bits per heavy atom. The van der Waals surface area contributed by atoms with Crippen LogP contribution < -0.4 is 5.32 Å². The number of halogens is 1. The summed E-state index contributed by atoms with van der Waals surface area (Å²) in [5, 5.41) is 5.46. The Labute approximate surface area is 125 Å². The van der Waals surface area contributed by atoms with Crippen LogP contribution >= 0.6 is 23.7 Å². The van der Waals surface area contributed by atoms with Crippen LogP contribution in [0.15, 0.2) is 17.5 Å². The Kier molecular flexibility index (Phi) is 6.83. The molecule has 0 aliphatic carbocycles. The van der Waals surface area contributed by atoms with E-state index in [4.69, 9.17) is 0 Å². The van der Waals surface area contributed by atoms with E-state index in [1.165, 1.54) is 11.3 Å². The Morgan fingerprint density at radius 1 is 1.58 bits per heavy atom. The van der Waals surface area contributed by atoms with Crippen molar-refractivity contribution in [2.45, 2.75) is 51.7 Å². The van der Waals surface area contributed by atoms with Gasteiger partial charge in [-0.15, -0.1) is 23.7 Å². The standard InChI is InChI=1S/C14H22N2OS.ClH/c1-11(2)16(10-13-6-4-8-18-13)14(17)9-12-5-3-7-15-12;/h4,6,8,11-12,15H,3,5,7,9-10H2,1-2H3;1H. The van der Waals surface area contributed by atoms with Gasteiger partial charge in [0.1, 0.15) is 0 Å². The molecule has 1 aromatic rings. The highest BCUT2D eigenvalue weighted by Gasteiger charge is 2.23. The molecule has 1 aliphatic heterocycles. The fraction of sp³-hybridized carbons (Fsp3) is 0.643. The largest absolute Gasteiger partial charge is 0.335 e. The molecule has 1 unspecified atom stereocenters. The molecule has 1 atom stereocenters. The molecular weight excluding hydrogens is 280 g/mol. The second kappa shape index (κ2) is 7.88. The van der Waals surface area contributed by atoms with Crippen molar-refractivity contribution in [3.05, 3.63) is 22.4 Å². The average Bonchev–Trinajstić information content (AvgIpc) is 2.97. The van der Waals surface area contributed by atoms with Crippen LogP contribution in [-0.2, 0) is 11.3 Å². The molecule has 2 rings (SSSR count). The maximum atomic E-state index is 12.4. The van der Waals surface area contributed by atoms with E-state index in [0.29, 0.717) is 12.5 Å². The fourth-order valence-corrected chi connectivity index (χ4v) is 3.09. The Bertz CT molecular complexity index is 375. The van der Waals surface area contributed by atoms with Crippen LogP contribution in [0.3, 0.4) is 0 Å². The zero-order valence-electron chi connectivity index (χ0n) is 11.6. The van der Waals surface area contributed by atoms with Crippen molar-refractivity contribution in [2.24, 2.45) is 0 Å². The molecule has 19 heavy (non-hydrogen) atoms. The molecule has 0 bridgehead atoms. The molecule has 1 saturated heterocycles. The summed E-state index contributed by atoms with van der Waals surface area (Å²) in [6.45, 7) is 5.99. The first-order valence-electron chi connectivity index (χ1n) is 6.72. The average molecular weight is 303 g/mol. The zero-order valence-corrected chi connectivity index (χ0v) is 13.2. The first-order chi connectivity index (χ1) is 8.66. The van der Waals surface area contributed by atoms with Crippen molar-refractivity contribution in [1.29, 1.82) is 0 Å². The molecule has 0 aromatic carbocycles. The molecule has 5 heteroatoms. The third-order valence-electron chi connectivity index (χ3n) is 3.43. The normalized spacial score (nSPS) is 18.4. The van der Waals surface area contributed by atoms with Gasteiger partial charge < -0.3 is 10.2 Å². The smallest absolute Gasteiger partial charge is 0.224 e. The first kappa shape index (κ1) is 16.5. The lowest BCUT2D eigenvalue weighted by molar-refractivity contribution is -0.134. The van der Waals surface area contributed by atoms with Gasteiger partial charge in [-0.1, -0.05) is 6.07 Å². The Morgan fingerprint density at radius 3 is 2.89 bits per heavy atom. The highest BCUT2D eigenvalue weighted by atomic mass is 35.5. The van der Waals surface area contributed by atoms with E-state index >= 15 is 0 Å². The van der Waals surface area contributed by atoms with E-state index < -0.39 is 0 Å². The Hall–Kier alpha value is -0.580. The van der Waals surface area contributed by atoms with Gasteiger partial charge in [0, 0.05) is 23.4 Å². The number of hydrogen-bond acceptors (Lipinski definition) is 3. The number of rotatable bonds is 5. The van der Waals surface area contributed by atoms with Crippen LogP contribution in [-0.4, -0.2) is 29.4 Å². The van der Waals surface area contributed by atoms with Gasteiger partial charge >= 0.3 is 0 Å². The number of thiophene rings is 1. The van der Waals surface area contributed by atoms with E-state index in [1.54, 1.807) is 11.3 Å². The highest BCUT2D eigenvalue weighted by Crippen LogP contribution is 2.17. The molecule has 108 valence electrons. The predicted molar refractivity (Wildman–Crippen MR) is 82.9 cm³/mol. The van der Waals surface area contributed by atoms with Gasteiger partial charge in [0.25, 0.3) is 0 Å². The van der Waals surface area contributed by atoms with Gasteiger partial charge in [-0.2, -0.15) is 0 Å². The monoisotopic (exact) mass is 302 g/mol. The van der Waals surface area contributed by atoms with Crippen molar-refractivity contribution in [1.82, 2.24) is 10.2 Å². The minimum atomic E-state index is 0. The Balaban J connectivity index is 0.00000180. The van der Waals surface area contributed by atoms with Gasteiger partial charge in [0.05, 0.1) is 6.54 Å². The van der Waals surface area contributed by atoms with Crippen LogP contribution in [0.25, 0.3) is 0 Å². The van der Waals surface area contributed by atoms with Crippen LogP contribution in [0.5, 0.6) is 0 Å². The molecular formula is C14H23ClN2OS. The van der Waals surface area contributed by atoms with E-state index in [0.717, 1.165) is 19.5 Å². The van der Waals surface area contributed by atoms with E-state index in [2.05, 4.69) is 30.6 Å². The van der Waals surface area contributed by atoms with Crippen molar-refractivity contribution in [2.75, 3.05) is 6.54 Å². The first-order valence-corrected chi connectivity index (χ1v) is 7.60. The molecule has 0 spiro atoms. The lowest BCUT2D eigenvalue weighted by Crippen LogP contribution is -2.39. The zero-order chi connectivity index (χ0) is 13.0. The quantitative estimate of drug-likeness (QED) is 0.906. The van der Waals surface area contributed by atoms with Gasteiger partial charge in [-0.3, -0.25) is 4.79 Å². The van der Waals surface area contributed by atoms with Crippen molar-refractivity contribution in [3.8, 4) is 0 Å². The van der Waals surface area contributed by atoms with Crippen LogP contribution in [0, 0.1) is 0 Å². The predicted octanol–water partition coefficient (Wildman–Crippen LogP) is 3.05. The topological polar surface area (TPSA) is 32.3 Å². The summed E-state index contributed by atoms with van der Waals surface area (Å²) in [5.41, 5.74) is 0. The molecule has 1 fully saturated rings. The minimum Gasteiger partial charge on any atom is -0.335 e. The van der Waals surface area contributed by atoms with Crippen molar-refractivity contribution in [3.63, 3.8) is 0 Å². The molecule has 0 radical (unpaired) electrons. The minimum absolute atomic E-state index is 0. The third-order valence-corrected chi connectivity index (χ3v) is 4.29. The lowest BCUT2D eigenvalue weighted by atomic mass is 10.1. The second-order valence-corrected chi connectivity index (χ2v) is 6.22. The number of nitrogens with one attached hydrogen (secondary N) is 1. The summed E-state index contributed by atoms with van der Waals surface area (Å²) in [5.74, 6) is 0.276. The fourth-order valence-electron chi connectivity index (χ4n) is 2.39. The summed E-state index contributed by atoms with van der Waals surface area (Å²) in [6.07, 6.45) is 2.98. The van der Waals surface area contributed by atoms with Gasteiger partial charge in [0.2, 0.25) is 5.91 Å². The molecule has 3 nitrogen and oxygen atoms in total. The molecule has 0 saturated carbocycles. The van der Waals surface area contributed by atoms with Crippen molar-refractivity contribution >= 4 is 29.7 Å². The lowest BCUT2D eigenvalue weighted by Gasteiger charge is -2.27. The molecule has 2 heterocycles. The molecule has 1 N–H and O–H groups in total. The summed E-state index contributed by atoms with van der Waals surface area (Å²) in [7, 11) is 0. The number of amides is 1. The van der Waals surface area contributed by atoms with E-state index in [-0.39, 0.29) is 24.4 Å². The van der Waals surface area contributed by atoms with Crippen LogP contribution in [0.1, 0.15) is 38.0 Å². The summed E-state index contributed by atoms with van der Waals surface area (Å²) in [4.78, 5) is 15.6. The van der Waals surface area contributed by atoms with Gasteiger partial charge in [0.15, 0.2) is 0 Å². The van der Waals surface area contributed by atoms with E-state index in [9.17, 15) is 4.79 Å². The van der Waals surface area contributed by atoms with Gasteiger partial charge in [-0.05, 0) is 44.7 Å².